The SMILES string of the molecule is COc1ccc(C(=O)N2CCC(Oc3cccnc3)CC2)c(OC)c1.O=C(O)C(F)(F)F. The Hall–Kier alpha value is -3.50. The van der Waals surface area contributed by atoms with Crippen molar-refractivity contribution in [3.63, 3.8) is 0 Å². The van der Waals surface area contributed by atoms with Gasteiger partial charge in [-0.2, -0.15) is 13.2 Å². The van der Waals surface area contributed by atoms with Crippen molar-refractivity contribution in [2.45, 2.75) is 25.1 Å². The van der Waals surface area contributed by atoms with Gasteiger partial charge >= 0.3 is 12.1 Å². The normalized spacial score (nSPS) is 14.1. The summed E-state index contributed by atoms with van der Waals surface area (Å²) < 4.78 is 48.2. The number of methoxy groups -OCH3 is 2. The van der Waals surface area contributed by atoms with E-state index in [1.807, 2.05) is 17.0 Å². The number of carboxylic acid groups (broad SMARTS) is 1. The summed E-state index contributed by atoms with van der Waals surface area (Å²) in [5.74, 6) is -0.828. The molecule has 1 N–H and O–H groups in total. The van der Waals surface area contributed by atoms with E-state index >= 15 is 0 Å². The second-order valence-electron chi connectivity index (χ2n) is 6.67. The molecule has 32 heavy (non-hydrogen) atoms. The lowest BCUT2D eigenvalue weighted by Crippen LogP contribution is -2.41. The molecule has 0 unspecified atom stereocenters. The van der Waals surface area contributed by atoms with Crippen molar-refractivity contribution >= 4 is 11.9 Å². The number of carbonyl (C=O) groups is 2. The molecule has 1 aromatic heterocycles. The first kappa shape index (κ1) is 24.8. The Morgan fingerprint density at radius 3 is 2.25 bits per heavy atom. The van der Waals surface area contributed by atoms with Crippen LogP contribution in [0.2, 0.25) is 0 Å². The quantitative estimate of drug-likeness (QED) is 0.736. The molecule has 174 valence electrons. The first-order valence-electron chi connectivity index (χ1n) is 9.53. The number of aromatic nitrogens is 1. The second kappa shape index (κ2) is 11.2. The lowest BCUT2D eigenvalue weighted by molar-refractivity contribution is -0.192. The van der Waals surface area contributed by atoms with Crippen LogP contribution in [0.4, 0.5) is 13.2 Å². The van der Waals surface area contributed by atoms with Crippen LogP contribution >= 0.6 is 0 Å². The van der Waals surface area contributed by atoms with Crippen molar-refractivity contribution in [1.82, 2.24) is 9.88 Å². The lowest BCUT2D eigenvalue weighted by atomic mass is 10.1. The maximum absolute atomic E-state index is 12.8. The molecule has 2 aromatic rings. The van der Waals surface area contributed by atoms with Gasteiger partial charge in [0.1, 0.15) is 23.4 Å². The number of halogens is 3. The van der Waals surface area contributed by atoms with Crippen molar-refractivity contribution in [2.24, 2.45) is 0 Å². The summed E-state index contributed by atoms with van der Waals surface area (Å²) >= 11 is 0. The van der Waals surface area contributed by atoms with E-state index in [1.54, 1.807) is 44.8 Å². The minimum absolute atomic E-state index is 0.0284. The zero-order chi connectivity index (χ0) is 23.7. The topological polar surface area (TPSA) is 98.2 Å². The highest BCUT2D eigenvalue weighted by Crippen LogP contribution is 2.27. The lowest BCUT2D eigenvalue weighted by Gasteiger charge is -2.32. The smallest absolute Gasteiger partial charge is 0.490 e. The van der Waals surface area contributed by atoms with Gasteiger partial charge in [-0.1, -0.05) is 0 Å². The molecule has 1 aliphatic heterocycles. The molecule has 0 atom stereocenters. The van der Waals surface area contributed by atoms with E-state index in [0.717, 1.165) is 18.6 Å². The highest BCUT2D eigenvalue weighted by Gasteiger charge is 2.38. The summed E-state index contributed by atoms with van der Waals surface area (Å²) in [6, 6.07) is 8.99. The summed E-state index contributed by atoms with van der Waals surface area (Å²) in [6.45, 7) is 1.30. The summed E-state index contributed by atoms with van der Waals surface area (Å²) in [5, 5.41) is 7.12. The molecule has 3 rings (SSSR count). The summed E-state index contributed by atoms with van der Waals surface area (Å²) in [6.07, 6.45) is 0.0277. The number of hydrogen-bond donors (Lipinski definition) is 1. The Kier molecular flexibility index (Phi) is 8.68. The number of likely N-dealkylation sites (tertiary alicyclic amines) is 1. The van der Waals surface area contributed by atoms with Crippen LogP contribution in [0.5, 0.6) is 17.2 Å². The van der Waals surface area contributed by atoms with Crippen LogP contribution in [0.1, 0.15) is 23.2 Å². The Morgan fingerprint density at radius 1 is 1.09 bits per heavy atom. The third kappa shape index (κ3) is 7.03. The van der Waals surface area contributed by atoms with Crippen LogP contribution in [-0.4, -0.2) is 66.5 Å². The van der Waals surface area contributed by atoms with Crippen LogP contribution in [-0.2, 0) is 4.79 Å². The molecule has 8 nitrogen and oxygen atoms in total. The molecule has 1 amide bonds. The molecular formula is C21H23F3N2O6. The van der Waals surface area contributed by atoms with Crippen LogP contribution in [0.3, 0.4) is 0 Å². The van der Waals surface area contributed by atoms with Gasteiger partial charge in [0.2, 0.25) is 0 Å². The molecule has 1 aromatic carbocycles. The second-order valence-corrected chi connectivity index (χ2v) is 6.67. The number of amides is 1. The number of aliphatic carboxylic acids is 1. The van der Waals surface area contributed by atoms with Gasteiger partial charge in [-0.3, -0.25) is 9.78 Å². The molecule has 0 spiro atoms. The highest BCUT2D eigenvalue weighted by molar-refractivity contribution is 5.97. The predicted octanol–water partition coefficient (Wildman–Crippen LogP) is 3.42. The zero-order valence-electron chi connectivity index (χ0n) is 17.5. The number of hydrogen-bond acceptors (Lipinski definition) is 6. The molecule has 1 saturated heterocycles. The van der Waals surface area contributed by atoms with Gasteiger partial charge in [-0.25, -0.2) is 4.79 Å². The minimum atomic E-state index is -5.08. The van der Waals surface area contributed by atoms with Gasteiger partial charge in [-0.05, 0) is 24.3 Å². The maximum Gasteiger partial charge on any atom is 0.490 e. The first-order chi connectivity index (χ1) is 15.2. The highest BCUT2D eigenvalue weighted by atomic mass is 19.4. The van der Waals surface area contributed by atoms with Crippen molar-refractivity contribution < 1.29 is 42.1 Å². The summed E-state index contributed by atoms with van der Waals surface area (Å²) in [5.41, 5.74) is 0.551. The fourth-order valence-electron chi connectivity index (χ4n) is 2.93. The van der Waals surface area contributed by atoms with E-state index in [2.05, 4.69) is 4.98 Å². The summed E-state index contributed by atoms with van der Waals surface area (Å²) in [7, 11) is 3.14. The Balaban J connectivity index is 0.000000451. The van der Waals surface area contributed by atoms with Crippen molar-refractivity contribution in [1.29, 1.82) is 0 Å². The number of ether oxygens (including phenoxy) is 3. The molecule has 0 bridgehead atoms. The third-order valence-corrected chi connectivity index (χ3v) is 4.55. The molecule has 0 aliphatic carbocycles. The van der Waals surface area contributed by atoms with E-state index in [1.165, 1.54) is 0 Å². The molecule has 0 saturated carbocycles. The van der Waals surface area contributed by atoms with Gasteiger partial charge in [0.15, 0.2) is 0 Å². The fourth-order valence-corrected chi connectivity index (χ4v) is 2.93. The standard InChI is InChI=1S/C19H22N2O4.C2HF3O2/c1-23-15-5-6-17(18(12-15)24-2)19(22)21-10-7-14(8-11-21)25-16-4-3-9-20-13-16;3-2(4,5)1(6)7/h3-6,9,12-14H,7-8,10-11H2,1-2H3;(H,6,7). The number of nitrogens with zero attached hydrogens (tertiary/aromatic N) is 2. The molecule has 1 aliphatic rings. The van der Waals surface area contributed by atoms with Gasteiger partial charge in [0.25, 0.3) is 5.91 Å². The molecular weight excluding hydrogens is 433 g/mol. The van der Waals surface area contributed by atoms with Crippen LogP contribution in [0.25, 0.3) is 0 Å². The largest absolute Gasteiger partial charge is 0.497 e. The Bertz CT molecular complexity index is 900. The number of carboxylic acids is 1. The minimum Gasteiger partial charge on any atom is -0.497 e. The number of rotatable bonds is 5. The van der Waals surface area contributed by atoms with Crippen LogP contribution in [0.15, 0.2) is 42.7 Å². The Morgan fingerprint density at radius 2 is 1.75 bits per heavy atom. The number of piperidine rings is 1. The van der Waals surface area contributed by atoms with Crippen molar-refractivity contribution in [3.05, 3.63) is 48.3 Å². The predicted molar refractivity (Wildman–Crippen MR) is 107 cm³/mol. The van der Waals surface area contributed by atoms with Crippen molar-refractivity contribution in [2.75, 3.05) is 27.3 Å². The average Bonchev–Trinajstić information content (AvgIpc) is 2.79. The zero-order valence-corrected chi connectivity index (χ0v) is 17.5. The van der Waals surface area contributed by atoms with E-state index in [9.17, 15) is 18.0 Å². The Labute approximate surface area is 182 Å². The van der Waals surface area contributed by atoms with Gasteiger partial charge < -0.3 is 24.2 Å². The van der Waals surface area contributed by atoms with E-state index in [0.29, 0.717) is 30.2 Å². The number of carbonyl (C=O) groups excluding carboxylic acids is 1. The molecule has 1 fully saturated rings. The average molecular weight is 456 g/mol. The van der Waals surface area contributed by atoms with E-state index in [4.69, 9.17) is 24.1 Å². The molecule has 11 heteroatoms. The monoisotopic (exact) mass is 456 g/mol. The van der Waals surface area contributed by atoms with Gasteiger partial charge in [-0.15, -0.1) is 0 Å². The number of benzene rings is 1. The maximum atomic E-state index is 12.8. The van der Waals surface area contributed by atoms with Crippen LogP contribution in [0, 0.1) is 0 Å². The van der Waals surface area contributed by atoms with Gasteiger partial charge in [0, 0.05) is 38.2 Å². The molecule has 2 heterocycles. The number of alkyl halides is 3. The van der Waals surface area contributed by atoms with Crippen LogP contribution < -0.4 is 14.2 Å². The summed E-state index contributed by atoms with van der Waals surface area (Å²) in [4.78, 5) is 27.6. The number of pyridine rings is 1. The first-order valence-corrected chi connectivity index (χ1v) is 9.53. The van der Waals surface area contributed by atoms with Crippen molar-refractivity contribution in [3.8, 4) is 17.2 Å². The van der Waals surface area contributed by atoms with E-state index in [-0.39, 0.29) is 12.0 Å². The van der Waals surface area contributed by atoms with Gasteiger partial charge in [0.05, 0.1) is 26.0 Å². The molecule has 0 radical (unpaired) electrons. The van der Waals surface area contributed by atoms with E-state index < -0.39 is 12.1 Å². The fraction of sp³-hybridized carbons (Fsp3) is 0.381. The third-order valence-electron chi connectivity index (χ3n) is 4.55.